The van der Waals surface area contributed by atoms with Gasteiger partial charge in [0.25, 0.3) is 0 Å². The van der Waals surface area contributed by atoms with E-state index in [0.29, 0.717) is 0 Å². The van der Waals surface area contributed by atoms with Crippen LogP contribution in [-0.4, -0.2) is 0 Å². The monoisotopic (exact) mass is 209 g/mol. The molecule has 1 aliphatic carbocycles. The van der Waals surface area contributed by atoms with Crippen molar-refractivity contribution in [1.82, 2.24) is 0 Å². The van der Waals surface area contributed by atoms with Gasteiger partial charge in [-0.05, 0) is 6.42 Å². The average Bonchev–Trinajstić information content (AvgIpc) is 1.62. The Kier molecular flexibility index (Phi) is 6.08. The zero-order valence-electron chi connectivity index (χ0n) is 5.36. The smallest absolute Gasteiger partial charge is 0.232 e. The van der Waals surface area contributed by atoms with Gasteiger partial charge in [-0.15, -0.1) is 6.08 Å². The molecule has 0 N–H and O–H groups in total. The van der Waals surface area contributed by atoms with Gasteiger partial charge < -0.3 is 0 Å². The molecular weight excluding hydrogens is 197 g/mol. The Labute approximate surface area is 69.8 Å². The fraction of sp³-hybridized carbons (Fsp3) is 0.375. The first kappa shape index (κ1) is 8.97. The first-order valence-electron chi connectivity index (χ1n) is 3.13. The molecule has 0 spiro atoms. The molecule has 51 valence electrons. The van der Waals surface area contributed by atoms with E-state index in [4.69, 9.17) is 0 Å². The molecule has 1 rings (SSSR count). The van der Waals surface area contributed by atoms with Crippen molar-refractivity contribution in [3.63, 3.8) is 0 Å². The number of hydrogen-bond acceptors (Lipinski definition) is 0. The van der Waals surface area contributed by atoms with E-state index >= 15 is 0 Å². The molecule has 1 aliphatic rings. The summed E-state index contributed by atoms with van der Waals surface area (Å²) in [5, 5.41) is 0. The zero-order chi connectivity index (χ0) is 5.66. The summed E-state index contributed by atoms with van der Waals surface area (Å²) < 4.78 is 0. The van der Waals surface area contributed by atoms with Crippen LogP contribution in [0.25, 0.3) is 0 Å². The Hall–Kier alpha value is -0.0266. The third-order valence-corrected chi connectivity index (χ3v) is 1.21. The van der Waals surface area contributed by atoms with Crippen LogP contribution < -0.4 is 0 Å². The van der Waals surface area contributed by atoms with Gasteiger partial charge in [-0.1, -0.05) is 18.9 Å². The minimum atomic E-state index is 0. The minimum absolute atomic E-state index is 0. The molecule has 0 heterocycles. The largest absolute Gasteiger partial charge is 1.00 e. The first-order chi connectivity index (χ1) is 4.00. The molecule has 0 nitrogen and oxygen atoms in total. The molecule has 0 aliphatic heterocycles. The van der Waals surface area contributed by atoms with Crippen LogP contribution in [0.2, 0.25) is 0 Å². The molecule has 0 unspecified atom stereocenters. The van der Waals surface area contributed by atoms with E-state index in [1.54, 1.807) is 0 Å². The van der Waals surface area contributed by atoms with Crippen LogP contribution in [0.4, 0.5) is 0 Å². The number of allylic oxidation sites excluding steroid dienone is 4. The van der Waals surface area contributed by atoms with Crippen LogP contribution in [0.5, 0.6) is 0 Å². The molecule has 0 bridgehead atoms. The summed E-state index contributed by atoms with van der Waals surface area (Å²) in [4.78, 5) is 0. The summed E-state index contributed by atoms with van der Waals surface area (Å²) >= 11 is 0. The van der Waals surface area contributed by atoms with Crippen molar-refractivity contribution < 1.29 is 19.5 Å². The van der Waals surface area contributed by atoms with Crippen molar-refractivity contribution in [1.29, 1.82) is 0 Å². The van der Waals surface area contributed by atoms with Gasteiger partial charge >= 0.3 is 19.5 Å². The van der Waals surface area contributed by atoms with Gasteiger partial charge in [0, 0.05) is 0 Å². The SMILES string of the molecule is C1=CCC=CCC[CH-]1.[Ru+]. The minimum Gasteiger partial charge on any atom is -0.232 e. The van der Waals surface area contributed by atoms with Gasteiger partial charge in [-0.3, -0.25) is 0 Å². The Bertz CT molecular complexity index is 91.1. The molecule has 0 saturated carbocycles. The van der Waals surface area contributed by atoms with Gasteiger partial charge in [-0.2, -0.15) is 0 Å². The topological polar surface area (TPSA) is 0 Å². The molecule has 0 saturated heterocycles. The van der Waals surface area contributed by atoms with Gasteiger partial charge in [0.15, 0.2) is 0 Å². The quantitative estimate of drug-likeness (QED) is 0.326. The third kappa shape index (κ3) is 4.48. The summed E-state index contributed by atoms with van der Waals surface area (Å²) in [5.41, 5.74) is 0. The van der Waals surface area contributed by atoms with Crippen LogP contribution in [0, 0.1) is 6.42 Å². The molecule has 0 aromatic heterocycles. The second-order valence-electron chi connectivity index (χ2n) is 1.95. The predicted octanol–water partition coefficient (Wildman–Crippen LogP) is 2.48. The van der Waals surface area contributed by atoms with Crippen molar-refractivity contribution >= 4 is 0 Å². The van der Waals surface area contributed by atoms with E-state index in [1.165, 1.54) is 12.8 Å². The van der Waals surface area contributed by atoms with Crippen molar-refractivity contribution in [2.45, 2.75) is 19.3 Å². The van der Waals surface area contributed by atoms with Crippen LogP contribution in [0.15, 0.2) is 24.3 Å². The molecule has 0 aromatic rings. The van der Waals surface area contributed by atoms with Crippen LogP contribution >= 0.6 is 0 Å². The zero-order valence-corrected chi connectivity index (χ0v) is 7.10. The molecule has 0 fully saturated rings. The summed E-state index contributed by atoms with van der Waals surface area (Å²) in [7, 11) is 0. The van der Waals surface area contributed by atoms with Crippen LogP contribution in [0.1, 0.15) is 19.3 Å². The summed E-state index contributed by atoms with van der Waals surface area (Å²) in [6, 6.07) is 0. The number of hydrogen-bond donors (Lipinski definition) is 0. The summed E-state index contributed by atoms with van der Waals surface area (Å²) in [6.07, 6.45) is 14.5. The summed E-state index contributed by atoms with van der Waals surface area (Å²) in [5.74, 6) is 0. The molecule has 0 aromatic carbocycles. The Balaban J connectivity index is 0.000000640. The maximum absolute atomic E-state index is 2.24. The molecule has 0 atom stereocenters. The van der Waals surface area contributed by atoms with Crippen LogP contribution in [0.3, 0.4) is 0 Å². The second-order valence-corrected chi connectivity index (χ2v) is 1.95. The van der Waals surface area contributed by atoms with Crippen LogP contribution in [-0.2, 0) is 19.5 Å². The van der Waals surface area contributed by atoms with E-state index in [1.807, 2.05) is 0 Å². The molecule has 9 heavy (non-hydrogen) atoms. The molecular formula is C8H11Ru. The Morgan fingerprint density at radius 2 is 2.00 bits per heavy atom. The average molecular weight is 208 g/mol. The Morgan fingerprint density at radius 1 is 1.11 bits per heavy atom. The van der Waals surface area contributed by atoms with E-state index in [0.717, 1.165) is 6.42 Å². The van der Waals surface area contributed by atoms with E-state index < -0.39 is 0 Å². The van der Waals surface area contributed by atoms with Crippen molar-refractivity contribution in [3.8, 4) is 0 Å². The fourth-order valence-electron chi connectivity index (χ4n) is 0.756. The first-order valence-corrected chi connectivity index (χ1v) is 3.13. The summed E-state index contributed by atoms with van der Waals surface area (Å²) in [6.45, 7) is 0. The maximum atomic E-state index is 2.24. The van der Waals surface area contributed by atoms with Gasteiger partial charge in [-0.25, -0.2) is 18.6 Å². The number of rotatable bonds is 0. The molecule has 1 heteroatoms. The second kappa shape index (κ2) is 6.10. The molecule has 1 radical (unpaired) electrons. The van der Waals surface area contributed by atoms with E-state index in [2.05, 4.69) is 30.7 Å². The predicted molar refractivity (Wildman–Crippen MR) is 36.4 cm³/mol. The van der Waals surface area contributed by atoms with Gasteiger partial charge in [0.05, 0.1) is 0 Å². The van der Waals surface area contributed by atoms with Crippen molar-refractivity contribution in [2.75, 3.05) is 0 Å². The Morgan fingerprint density at radius 3 is 2.89 bits per heavy atom. The van der Waals surface area contributed by atoms with E-state index in [-0.39, 0.29) is 19.5 Å². The van der Waals surface area contributed by atoms with Crippen molar-refractivity contribution in [3.05, 3.63) is 30.7 Å². The van der Waals surface area contributed by atoms with Gasteiger partial charge in [0.2, 0.25) is 0 Å². The fourth-order valence-corrected chi connectivity index (χ4v) is 0.756. The maximum Gasteiger partial charge on any atom is 1.00 e. The van der Waals surface area contributed by atoms with Gasteiger partial charge in [0.1, 0.15) is 0 Å². The standard InChI is InChI=1S/C8H11.Ru/c1-2-4-6-8-7-5-3-1;/h1-3,6,8H,4-5,7H2;/q-1;+1. The van der Waals surface area contributed by atoms with E-state index in [9.17, 15) is 0 Å². The third-order valence-electron chi connectivity index (χ3n) is 1.21. The van der Waals surface area contributed by atoms with Crippen molar-refractivity contribution in [2.24, 2.45) is 0 Å². The molecule has 0 amide bonds. The normalized spacial score (nSPS) is 16.9.